The molecule has 0 aliphatic rings. The van der Waals surface area contributed by atoms with Crippen molar-refractivity contribution in [2.45, 2.75) is 13.8 Å². The van der Waals surface area contributed by atoms with Gasteiger partial charge in [-0.1, -0.05) is 0 Å². The minimum atomic E-state index is -0.811. The standard InChI is InChI=1S/C28H24F2N4O4/c1-3-37-23-12-15-34(20-7-4-18(29)5-8-20)28(36)25(23)27(35)33-19-6-9-22(21(30)16-19)38-24(10-13-31)26-17(2)11-14-32-26/h4-16,31-32H,3H2,1-2H3,(H,33,35)/b24-10+,31-13?. The summed E-state index contributed by atoms with van der Waals surface area (Å²) >= 11 is 0. The molecule has 0 saturated heterocycles. The Morgan fingerprint density at radius 3 is 2.50 bits per heavy atom. The molecule has 194 valence electrons. The number of aryl methyl sites for hydroxylation is 1. The van der Waals surface area contributed by atoms with Gasteiger partial charge in [-0.15, -0.1) is 0 Å². The lowest BCUT2D eigenvalue weighted by molar-refractivity contribution is 0.102. The molecule has 10 heteroatoms. The quantitative estimate of drug-likeness (QED) is 0.202. The second-order valence-electron chi connectivity index (χ2n) is 8.07. The molecule has 0 spiro atoms. The lowest BCUT2D eigenvalue weighted by Crippen LogP contribution is -2.29. The van der Waals surface area contributed by atoms with Crippen molar-refractivity contribution in [2.24, 2.45) is 0 Å². The van der Waals surface area contributed by atoms with Crippen molar-refractivity contribution in [3.8, 4) is 17.2 Å². The van der Waals surface area contributed by atoms with Gasteiger partial charge in [-0.3, -0.25) is 14.2 Å². The van der Waals surface area contributed by atoms with Gasteiger partial charge in [0.15, 0.2) is 17.3 Å². The van der Waals surface area contributed by atoms with E-state index in [-0.39, 0.29) is 35.1 Å². The van der Waals surface area contributed by atoms with Crippen LogP contribution in [0.3, 0.4) is 0 Å². The number of aromatic nitrogens is 2. The molecule has 0 bridgehead atoms. The molecule has 2 aromatic heterocycles. The van der Waals surface area contributed by atoms with Crippen molar-refractivity contribution >= 4 is 23.6 Å². The van der Waals surface area contributed by atoms with Crippen LogP contribution < -0.4 is 20.3 Å². The molecule has 38 heavy (non-hydrogen) atoms. The van der Waals surface area contributed by atoms with Crippen LogP contribution in [-0.2, 0) is 0 Å². The number of amides is 1. The first-order valence-corrected chi connectivity index (χ1v) is 11.6. The predicted molar refractivity (Wildman–Crippen MR) is 140 cm³/mol. The van der Waals surface area contributed by atoms with Gasteiger partial charge in [0.05, 0.1) is 12.3 Å². The van der Waals surface area contributed by atoms with Crippen LogP contribution in [0.4, 0.5) is 14.5 Å². The molecule has 1 amide bonds. The van der Waals surface area contributed by atoms with Gasteiger partial charge in [-0.05, 0) is 67.9 Å². The molecule has 0 aliphatic carbocycles. The number of nitrogens with zero attached hydrogens (tertiary/aromatic N) is 1. The van der Waals surface area contributed by atoms with E-state index in [0.717, 1.165) is 17.8 Å². The van der Waals surface area contributed by atoms with Crippen LogP contribution in [0.5, 0.6) is 11.5 Å². The van der Waals surface area contributed by atoms with Gasteiger partial charge in [-0.2, -0.15) is 0 Å². The van der Waals surface area contributed by atoms with Gasteiger partial charge in [0.25, 0.3) is 11.5 Å². The van der Waals surface area contributed by atoms with Gasteiger partial charge in [-0.25, -0.2) is 8.78 Å². The Kier molecular flexibility index (Phi) is 7.81. The second kappa shape index (κ2) is 11.4. The summed E-state index contributed by atoms with van der Waals surface area (Å²) in [7, 11) is 0. The first kappa shape index (κ1) is 26.1. The number of benzene rings is 2. The summed E-state index contributed by atoms with van der Waals surface area (Å²) < 4.78 is 40.7. The average Bonchev–Trinajstić information content (AvgIpc) is 3.32. The average molecular weight is 519 g/mol. The predicted octanol–water partition coefficient (Wildman–Crippen LogP) is 5.47. The molecule has 8 nitrogen and oxygen atoms in total. The molecular weight excluding hydrogens is 494 g/mol. The number of aromatic amines is 1. The Hall–Kier alpha value is -4.99. The van der Waals surface area contributed by atoms with Crippen LogP contribution >= 0.6 is 0 Å². The molecule has 4 rings (SSSR count). The maximum absolute atomic E-state index is 15.0. The highest BCUT2D eigenvalue weighted by Gasteiger charge is 2.21. The topological polar surface area (TPSA) is 109 Å². The zero-order valence-electron chi connectivity index (χ0n) is 20.5. The van der Waals surface area contributed by atoms with Gasteiger partial charge >= 0.3 is 0 Å². The molecule has 0 fully saturated rings. The number of halogens is 2. The molecule has 0 radical (unpaired) electrons. The van der Waals surface area contributed by atoms with Crippen LogP contribution in [0, 0.1) is 24.0 Å². The molecule has 2 heterocycles. The maximum atomic E-state index is 15.0. The molecular formula is C28H24F2N4O4. The summed E-state index contributed by atoms with van der Waals surface area (Å²) in [5.74, 6) is -1.89. The number of H-pyrrole nitrogens is 1. The normalized spacial score (nSPS) is 11.2. The molecule has 2 aromatic carbocycles. The van der Waals surface area contributed by atoms with Crippen LogP contribution in [0.2, 0.25) is 0 Å². The number of hydrogen-bond donors (Lipinski definition) is 3. The summed E-state index contributed by atoms with van der Waals surface area (Å²) in [5.41, 5.74) is 0.887. The number of carbonyl (C=O) groups excluding carboxylic acids is 1. The van der Waals surface area contributed by atoms with E-state index < -0.39 is 23.1 Å². The molecule has 0 atom stereocenters. The molecule has 4 aromatic rings. The number of hydrogen-bond acceptors (Lipinski definition) is 5. The van der Waals surface area contributed by atoms with Gasteiger partial charge in [0, 0.05) is 42.1 Å². The van der Waals surface area contributed by atoms with Gasteiger partial charge in [0.2, 0.25) is 0 Å². The minimum Gasteiger partial charge on any atom is -0.493 e. The number of carbonyl (C=O) groups is 1. The fourth-order valence-electron chi connectivity index (χ4n) is 3.74. The third-order valence-electron chi connectivity index (χ3n) is 5.53. The summed E-state index contributed by atoms with van der Waals surface area (Å²) in [6.07, 6.45) is 5.53. The molecule has 3 N–H and O–H groups in total. The van der Waals surface area contributed by atoms with Crippen LogP contribution in [0.25, 0.3) is 11.4 Å². The number of pyridine rings is 1. The molecule has 0 unspecified atom stereocenters. The lowest BCUT2D eigenvalue weighted by Gasteiger charge is -2.14. The van der Waals surface area contributed by atoms with E-state index in [1.165, 1.54) is 59.3 Å². The highest BCUT2D eigenvalue weighted by Crippen LogP contribution is 2.27. The van der Waals surface area contributed by atoms with Crippen molar-refractivity contribution in [3.05, 3.63) is 112 Å². The monoisotopic (exact) mass is 518 g/mol. The minimum absolute atomic E-state index is 0.0523. The summed E-state index contributed by atoms with van der Waals surface area (Å²) in [5, 5.41) is 9.90. The van der Waals surface area contributed by atoms with Crippen molar-refractivity contribution < 1.29 is 23.0 Å². The third-order valence-corrected chi connectivity index (χ3v) is 5.53. The first-order valence-electron chi connectivity index (χ1n) is 11.6. The fraction of sp³-hybridized carbons (Fsp3) is 0.107. The number of ether oxygens (including phenoxy) is 2. The number of allylic oxidation sites excluding steroid dienone is 1. The highest BCUT2D eigenvalue weighted by atomic mass is 19.1. The fourth-order valence-corrected chi connectivity index (χ4v) is 3.74. The number of rotatable bonds is 9. The maximum Gasteiger partial charge on any atom is 0.271 e. The summed E-state index contributed by atoms with van der Waals surface area (Å²) in [4.78, 5) is 29.4. The lowest BCUT2D eigenvalue weighted by atomic mass is 10.2. The Morgan fingerprint density at radius 2 is 1.87 bits per heavy atom. The smallest absolute Gasteiger partial charge is 0.271 e. The summed E-state index contributed by atoms with van der Waals surface area (Å²) in [6.45, 7) is 3.75. The Morgan fingerprint density at radius 1 is 1.11 bits per heavy atom. The van der Waals surface area contributed by atoms with Gasteiger partial charge in [0.1, 0.15) is 17.1 Å². The largest absolute Gasteiger partial charge is 0.493 e. The SMILES string of the molecule is CCOc1ccn(-c2ccc(F)cc2)c(=O)c1C(=O)Nc1ccc(O/C(=C/C=N)c2[nH]ccc2C)c(F)c1. The van der Waals surface area contributed by atoms with Crippen LogP contribution in [0.1, 0.15) is 28.5 Å². The third kappa shape index (κ3) is 5.54. The van der Waals surface area contributed by atoms with E-state index >= 15 is 0 Å². The van der Waals surface area contributed by atoms with Crippen molar-refractivity contribution in [1.82, 2.24) is 9.55 Å². The first-order chi connectivity index (χ1) is 18.3. The van der Waals surface area contributed by atoms with E-state index in [1.807, 2.05) is 13.0 Å². The van der Waals surface area contributed by atoms with E-state index in [1.54, 1.807) is 13.1 Å². The molecule has 0 aliphatic heterocycles. The molecule has 0 saturated carbocycles. The number of nitrogens with one attached hydrogen (secondary N) is 3. The van der Waals surface area contributed by atoms with E-state index in [9.17, 15) is 18.4 Å². The highest BCUT2D eigenvalue weighted by molar-refractivity contribution is 6.06. The van der Waals surface area contributed by atoms with Crippen molar-refractivity contribution in [1.29, 1.82) is 5.41 Å². The van der Waals surface area contributed by atoms with Crippen molar-refractivity contribution in [2.75, 3.05) is 11.9 Å². The van der Waals surface area contributed by atoms with E-state index in [4.69, 9.17) is 14.9 Å². The van der Waals surface area contributed by atoms with E-state index in [0.29, 0.717) is 11.4 Å². The van der Waals surface area contributed by atoms with Crippen molar-refractivity contribution in [3.63, 3.8) is 0 Å². The Bertz CT molecular complexity index is 1570. The Labute approximate surface area is 216 Å². The zero-order chi connectivity index (χ0) is 27.2. The van der Waals surface area contributed by atoms with Crippen LogP contribution in [0.15, 0.2) is 77.9 Å². The van der Waals surface area contributed by atoms with Gasteiger partial charge < -0.3 is 25.2 Å². The van der Waals surface area contributed by atoms with E-state index in [2.05, 4.69) is 10.3 Å². The second-order valence-corrected chi connectivity index (χ2v) is 8.07. The van der Waals surface area contributed by atoms with Crippen LogP contribution in [-0.4, -0.2) is 28.3 Å². The zero-order valence-corrected chi connectivity index (χ0v) is 20.5. The Balaban J connectivity index is 1.62. The number of anilines is 1. The summed E-state index contributed by atoms with van der Waals surface area (Å²) in [6, 6.07) is 12.3.